The summed E-state index contributed by atoms with van der Waals surface area (Å²) in [6.07, 6.45) is 3.15. The Kier molecular flexibility index (Phi) is 5.67. The third-order valence-electron chi connectivity index (χ3n) is 4.72. The van der Waals surface area contributed by atoms with Gasteiger partial charge in [-0.05, 0) is 37.3 Å². The number of benzene rings is 2. The van der Waals surface area contributed by atoms with E-state index in [1.54, 1.807) is 41.2 Å². The molecule has 0 fully saturated rings. The number of aromatic amines is 1. The van der Waals surface area contributed by atoms with Gasteiger partial charge in [0.2, 0.25) is 0 Å². The largest absolute Gasteiger partial charge is 0.452 e. The molecule has 0 aliphatic carbocycles. The number of amides is 1. The molecule has 162 valence electrons. The Labute approximate surface area is 181 Å². The lowest BCUT2D eigenvalue weighted by atomic mass is 10.1. The quantitative estimate of drug-likeness (QED) is 0.446. The minimum absolute atomic E-state index is 0.0941. The minimum atomic E-state index is -0.764. The van der Waals surface area contributed by atoms with Crippen molar-refractivity contribution in [1.82, 2.24) is 19.3 Å². The molecule has 10 nitrogen and oxygen atoms in total. The van der Waals surface area contributed by atoms with Gasteiger partial charge in [0.25, 0.3) is 11.5 Å². The van der Waals surface area contributed by atoms with Crippen LogP contribution in [0.25, 0.3) is 16.6 Å². The van der Waals surface area contributed by atoms with E-state index in [1.165, 1.54) is 24.4 Å². The number of para-hydroxylation sites is 1. The van der Waals surface area contributed by atoms with Gasteiger partial charge >= 0.3 is 11.7 Å². The van der Waals surface area contributed by atoms with Gasteiger partial charge in [-0.1, -0.05) is 18.2 Å². The monoisotopic (exact) mass is 433 g/mol. The molecule has 0 bridgehead atoms. The van der Waals surface area contributed by atoms with Crippen LogP contribution < -0.4 is 16.6 Å². The number of fused-ring (bicyclic) bond motifs is 1. The second-order valence-corrected chi connectivity index (χ2v) is 6.88. The molecule has 0 radical (unpaired) electrons. The molecule has 2 aromatic carbocycles. The molecule has 0 aliphatic rings. The van der Waals surface area contributed by atoms with Gasteiger partial charge in [-0.25, -0.2) is 14.2 Å². The number of hydrogen-bond donors (Lipinski definition) is 2. The first-order valence-corrected chi connectivity index (χ1v) is 9.80. The standard InChI is InChI=1S/C22H19N5O5/c1-2-26-12-15(11-23-26)24-19(28)13-32-21(30)14-8-9-17-18(10-14)25-22(31)27(20(17)29)16-6-4-3-5-7-16/h3-12H,2,13H2,1H3,(H,24,28)(H,25,31). The van der Waals surface area contributed by atoms with Crippen LogP contribution in [-0.2, 0) is 16.1 Å². The van der Waals surface area contributed by atoms with Crippen LogP contribution in [0.2, 0.25) is 0 Å². The summed E-state index contributed by atoms with van der Waals surface area (Å²) in [5, 5.41) is 6.85. The predicted molar refractivity (Wildman–Crippen MR) is 117 cm³/mol. The highest BCUT2D eigenvalue weighted by Gasteiger charge is 2.15. The maximum absolute atomic E-state index is 12.8. The maximum Gasteiger partial charge on any atom is 0.338 e. The number of carbonyl (C=O) groups excluding carboxylic acids is 2. The van der Waals surface area contributed by atoms with Crippen molar-refractivity contribution in [3.63, 3.8) is 0 Å². The third kappa shape index (κ3) is 4.19. The van der Waals surface area contributed by atoms with Crippen molar-refractivity contribution in [2.24, 2.45) is 0 Å². The summed E-state index contributed by atoms with van der Waals surface area (Å²) >= 11 is 0. The highest BCUT2D eigenvalue weighted by Crippen LogP contribution is 2.12. The van der Waals surface area contributed by atoms with Gasteiger partial charge in [-0.2, -0.15) is 5.10 Å². The Morgan fingerprint density at radius 3 is 2.62 bits per heavy atom. The summed E-state index contributed by atoms with van der Waals surface area (Å²) in [4.78, 5) is 52.3. The highest BCUT2D eigenvalue weighted by atomic mass is 16.5. The molecule has 2 aromatic heterocycles. The van der Waals surface area contributed by atoms with Crippen LogP contribution in [0.5, 0.6) is 0 Å². The fourth-order valence-corrected chi connectivity index (χ4v) is 3.17. The van der Waals surface area contributed by atoms with E-state index in [2.05, 4.69) is 15.4 Å². The summed E-state index contributed by atoms with van der Waals surface area (Å²) in [7, 11) is 0. The first-order valence-electron chi connectivity index (χ1n) is 9.80. The normalized spacial score (nSPS) is 10.8. The molecule has 4 rings (SSSR count). The topological polar surface area (TPSA) is 128 Å². The SMILES string of the molecule is CCn1cc(NC(=O)COC(=O)c2ccc3c(=O)n(-c4ccccc4)c(=O)[nH]c3c2)cn1. The molecule has 2 heterocycles. The minimum Gasteiger partial charge on any atom is -0.452 e. The molecule has 4 aromatic rings. The van der Waals surface area contributed by atoms with Crippen LogP contribution in [0.3, 0.4) is 0 Å². The summed E-state index contributed by atoms with van der Waals surface area (Å²) in [6.45, 7) is 2.07. The van der Waals surface area contributed by atoms with Gasteiger partial charge in [0, 0.05) is 12.7 Å². The maximum atomic E-state index is 12.8. The number of carbonyl (C=O) groups is 2. The van der Waals surface area contributed by atoms with Crippen molar-refractivity contribution >= 4 is 28.5 Å². The Morgan fingerprint density at radius 2 is 1.91 bits per heavy atom. The van der Waals surface area contributed by atoms with Gasteiger partial charge < -0.3 is 15.0 Å². The summed E-state index contributed by atoms with van der Waals surface area (Å²) in [5.74, 6) is -1.28. The highest BCUT2D eigenvalue weighted by molar-refractivity contribution is 5.97. The predicted octanol–water partition coefficient (Wildman–Crippen LogP) is 1.69. The van der Waals surface area contributed by atoms with Gasteiger partial charge in [-0.15, -0.1) is 0 Å². The van der Waals surface area contributed by atoms with E-state index >= 15 is 0 Å². The lowest BCUT2D eigenvalue weighted by Crippen LogP contribution is -2.33. The number of hydrogen-bond acceptors (Lipinski definition) is 6. The van der Waals surface area contributed by atoms with Crippen molar-refractivity contribution in [1.29, 1.82) is 0 Å². The summed E-state index contributed by atoms with van der Waals surface area (Å²) in [6, 6.07) is 12.7. The molecule has 0 spiro atoms. The smallest absolute Gasteiger partial charge is 0.338 e. The first-order chi connectivity index (χ1) is 15.5. The number of H-pyrrole nitrogens is 1. The van der Waals surface area contributed by atoms with Crippen LogP contribution in [0, 0.1) is 0 Å². The molecular weight excluding hydrogens is 414 g/mol. The number of esters is 1. The van der Waals surface area contributed by atoms with Crippen molar-refractivity contribution < 1.29 is 14.3 Å². The zero-order valence-corrected chi connectivity index (χ0v) is 17.1. The number of nitrogens with zero attached hydrogens (tertiary/aromatic N) is 3. The van der Waals surface area contributed by atoms with E-state index in [4.69, 9.17) is 4.74 Å². The number of nitrogens with one attached hydrogen (secondary N) is 2. The van der Waals surface area contributed by atoms with Crippen LogP contribution >= 0.6 is 0 Å². The van der Waals surface area contributed by atoms with E-state index in [9.17, 15) is 19.2 Å². The molecule has 0 aliphatic heterocycles. The Bertz CT molecular complexity index is 1420. The number of aromatic nitrogens is 4. The Morgan fingerprint density at radius 1 is 1.12 bits per heavy atom. The van der Waals surface area contributed by atoms with Crippen molar-refractivity contribution in [2.75, 3.05) is 11.9 Å². The lowest BCUT2D eigenvalue weighted by Gasteiger charge is -2.08. The molecule has 1 amide bonds. The van der Waals surface area contributed by atoms with Crippen LogP contribution in [0.4, 0.5) is 5.69 Å². The average molecular weight is 433 g/mol. The van der Waals surface area contributed by atoms with E-state index in [0.717, 1.165) is 4.57 Å². The molecule has 0 unspecified atom stereocenters. The van der Waals surface area contributed by atoms with Crippen LogP contribution in [0.15, 0.2) is 70.5 Å². The average Bonchev–Trinajstić information content (AvgIpc) is 3.25. The number of anilines is 1. The lowest BCUT2D eigenvalue weighted by molar-refractivity contribution is -0.119. The van der Waals surface area contributed by atoms with Gasteiger partial charge in [-0.3, -0.25) is 14.3 Å². The van der Waals surface area contributed by atoms with Gasteiger partial charge in [0.1, 0.15) is 0 Å². The molecule has 10 heteroatoms. The zero-order chi connectivity index (χ0) is 22.7. The van der Waals surface area contributed by atoms with E-state index in [0.29, 0.717) is 17.9 Å². The van der Waals surface area contributed by atoms with E-state index < -0.39 is 29.7 Å². The molecule has 0 saturated carbocycles. The van der Waals surface area contributed by atoms with Crippen molar-refractivity contribution in [2.45, 2.75) is 13.5 Å². The molecule has 0 saturated heterocycles. The third-order valence-corrected chi connectivity index (χ3v) is 4.72. The molecular formula is C22H19N5O5. The number of ether oxygens (including phenoxy) is 1. The molecule has 2 N–H and O–H groups in total. The fourth-order valence-electron chi connectivity index (χ4n) is 3.17. The summed E-state index contributed by atoms with van der Waals surface area (Å²) in [5.41, 5.74) is 0.0632. The number of aryl methyl sites for hydroxylation is 1. The Balaban J connectivity index is 1.51. The van der Waals surface area contributed by atoms with E-state index in [1.807, 2.05) is 6.92 Å². The fraction of sp³-hybridized carbons (Fsp3) is 0.136. The van der Waals surface area contributed by atoms with Crippen LogP contribution in [-0.4, -0.2) is 37.8 Å². The van der Waals surface area contributed by atoms with Gasteiger partial charge in [0.15, 0.2) is 6.61 Å². The van der Waals surface area contributed by atoms with Crippen molar-refractivity contribution in [3.8, 4) is 5.69 Å². The van der Waals surface area contributed by atoms with Crippen molar-refractivity contribution in [3.05, 3.63) is 87.3 Å². The van der Waals surface area contributed by atoms with Crippen LogP contribution in [0.1, 0.15) is 17.3 Å². The molecule has 0 atom stereocenters. The first kappa shape index (κ1) is 20.8. The number of rotatable bonds is 6. The van der Waals surface area contributed by atoms with Gasteiger partial charge in [0.05, 0.1) is 34.0 Å². The van der Waals surface area contributed by atoms with E-state index in [-0.39, 0.29) is 16.5 Å². The second-order valence-electron chi connectivity index (χ2n) is 6.88. The second kappa shape index (κ2) is 8.72. The zero-order valence-electron chi connectivity index (χ0n) is 17.1. The Hall–Kier alpha value is -4.47. The molecule has 32 heavy (non-hydrogen) atoms. The summed E-state index contributed by atoms with van der Waals surface area (Å²) < 4.78 is 7.71.